The fourth-order valence-corrected chi connectivity index (χ4v) is 1.61. The zero-order chi connectivity index (χ0) is 11.5. The quantitative estimate of drug-likeness (QED) is 0.624. The molecule has 80 valence electrons. The minimum absolute atomic E-state index is 0.166. The monoisotopic (exact) mass is 279 g/mol. The molecule has 2 rings (SSSR count). The predicted octanol–water partition coefficient (Wildman–Crippen LogP) is 3.21. The van der Waals surface area contributed by atoms with Crippen LogP contribution in [0.2, 0.25) is 0 Å². The maximum Gasteiger partial charge on any atom is 0.214 e. The van der Waals surface area contributed by atoms with E-state index in [2.05, 4.69) is 20.9 Å². The minimum atomic E-state index is -0.614. The third kappa shape index (κ3) is 2.17. The van der Waals surface area contributed by atoms with Gasteiger partial charge >= 0.3 is 0 Å². The highest BCUT2D eigenvalue weighted by atomic mass is 79.9. The number of benzene rings is 1. The van der Waals surface area contributed by atoms with Gasteiger partial charge in [0.1, 0.15) is 10.3 Å². The summed E-state index contributed by atoms with van der Waals surface area (Å²) in [5.74, 6) is -1.03. The van der Waals surface area contributed by atoms with Crippen LogP contribution in [-0.2, 0) is 0 Å². The van der Waals surface area contributed by atoms with Crippen LogP contribution in [0.4, 0.5) is 4.39 Å². The van der Waals surface area contributed by atoms with Crippen molar-refractivity contribution in [3.05, 3.63) is 64.1 Å². The molecule has 0 saturated heterocycles. The second-order valence-corrected chi connectivity index (χ2v) is 3.97. The van der Waals surface area contributed by atoms with Crippen molar-refractivity contribution in [3.8, 4) is 0 Å². The molecule has 16 heavy (non-hydrogen) atoms. The summed E-state index contributed by atoms with van der Waals surface area (Å²) >= 11 is 3.11. The Hall–Kier alpha value is -1.55. The zero-order valence-electron chi connectivity index (χ0n) is 8.15. The Balaban J connectivity index is 2.46. The second-order valence-electron chi connectivity index (χ2n) is 3.16. The number of ketones is 1. The van der Waals surface area contributed by atoms with Crippen LogP contribution >= 0.6 is 15.9 Å². The number of pyridine rings is 1. The molecule has 2 aromatic rings. The number of hydrogen-bond acceptors (Lipinski definition) is 2. The lowest BCUT2D eigenvalue weighted by atomic mass is 10.1. The van der Waals surface area contributed by atoms with Crippen LogP contribution in [0, 0.1) is 5.82 Å². The summed E-state index contributed by atoms with van der Waals surface area (Å²) in [6.07, 6.45) is 0. The average molecular weight is 280 g/mol. The molecule has 0 aliphatic rings. The van der Waals surface area contributed by atoms with Gasteiger partial charge in [-0.2, -0.15) is 0 Å². The van der Waals surface area contributed by atoms with E-state index in [4.69, 9.17) is 0 Å². The van der Waals surface area contributed by atoms with E-state index in [1.54, 1.807) is 30.3 Å². The lowest BCUT2D eigenvalue weighted by Crippen LogP contribution is -2.07. The molecule has 0 saturated carbocycles. The summed E-state index contributed by atoms with van der Waals surface area (Å²) in [5.41, 5.74) is 0.257. The molecular formula is C12H7BrFNO. The summed E-state index contributed by atoms with van der Waals surface area (Å²) in [6, 6.07) is 11.2. The molecule has 0 atom stereocenters. The molecule has 1 aromatic heterocycles. The van der Waals surface area contributed by atoms with Crippen molar-refractivity contribution >= 4 is 21.7 Å². The number of hydrogen-bond donors (Lipinski definition) is 0. The Morgan fingerprint density at radius 3 is 2.50 bits per heavy atom. The summed E-state index contributed by atoms with van der Waals surface area (Å²) in [5, 5.41) is 0. The van der Waals surface area contributed by atoms with Crippen LogP contribution in [0.5, 0.6) is 0 Å². The molecule has 0 fully saturated rings. The molecule has 2 nitrogen and oxygen atoms in total. The second kappa shape index (κ2) is 4.53. The van der Waals surface area contributed by atoms with Crippen molar-refractivity contribution in [2.24, 2.45) is 0 Å². The topological polar surface area (TPSA) is 30.0 Å². The van der Waals surface area contributed by atoms with Gasteiger partial charge < -0.3 is 0 Å². The van der Waals surface area contributed by atoms with Crippen molar-refractivity contribution < 1.29 is 9.18 Å². The molecule has 0 amide bonds. The fraction of sp³-hybridized carbons (Fsp3) is 0. The number of nitrogens with zero attached hydrogens (tertiary/aromatic N) is 1. The van der Waals surface area contributed by atoms with Crippen molar-refractivity contribution in [1.29, 1.82) is 0 Å². The number of rotatable bonds is 2. The predicted molar refractivity (Wildman–Crippen MR) is 61.8 cm³/mol. The van der Waals surface area contributed by atoms with Crippen LogP contribution in [0.3, 0.4) is 0 Å². The van der Waals surface area contributed by atoms with Crippen molar-refractivity contribution in [3.63, 3.8) is 0 Å². The smallest absolute Gasteiger partial charge is 0.214 e. The third-order valence-corrected chi connectivity index (χ3v) is 2.50. The van der Waals surface area contributed by atoms with Crippen LogP contribution in [0.1, 0.15) is 16.1 Å². The Kier molecular flexibility index (Phi) is 3.10. The first-order chi connectivity index (χ1) is 7.68. The highest BCUT2D eigenvalue weighted by Gasteiger charge is 2.15. The van der Waals surface area contributed by atoms with Crippen LogP contribution in [0.15, 0.2) is 47.1 Å². The largest absolute Gasteiger partial charge is 0.287 e. The molecule has 0 radical (unpaired) electrons. The van der Waals surface area contributed by atoms with E-state index in [0.717, 1.165) is 0 Å². The lowest BCUT2D eigenvalue weighted by molar-refractivity contribution is 0.103. The van der Waals surface area contributed by atoms with Gasteiger partial charge in [-0.3, -0.25) is 4.79 Å². The Morgan fingerprint density at radius 1 is 1.12 bits per heavy atom. The number of carbonyl (C=O) groups is 1. The summed E-state index contributed by atoms with van der Waals surface area (Å²) in [7, 11) is 0. The van der Waals surface area contributed by atoms with E-state index in [9.17, 15) is 9.18 Å². The van der Waals surface area contributed by atoms with E-state index in [1.165, 1.54) is 12.1 Å². The first-order valence-corrected chi connectivity index (χ1v) is 5.39. The number of halogens is 2. The molecule has 0 aliphatic heterocycles. The van der Waals surface area contributed by atoms with Gasteiger partial charge in [0.15, 0.2) is 5.82 Å². The van der Waals surface area contributed by atoms with Crippen molar-refractivity contribution in [2.75, 3.05) is 0 Å². The first kappa shape index (κ1) is 11.0. The van der Waals surface area contributed by atoms with Crippen LogP contribution in [-0.4, -0.2) is 10.8 Å². The molecular weight excluding hydrogens is 273 g/mol. The molecule has 1 heterocycles. The Bertz CT molecular complexity index is 528. The maximum atomic E-state index is 13.4. The zero-order valence-corrected chi connectivity index (χ0v) is 9.74. The molecule has 1 aromatic carbocycles. The van der Waals surface area contributed by atoms with E-state index in [0.29, 0.717) is 10.2 Å². The van der Waals surface area contributed by atoms with Gasteiger partial charge in [-0.05, 0) is 28.1 Å². The van der Waals surface area contributed by atoms with Crippen molar-refractivity contribution in [2.45, 2.75) is 0 Å². The molecule has 0 N–H and O–H groups in total. The van der Waals surface area contributed by atoms with Crippen LogP contribution < -0.4 is 0 Å². The van der Waals surface area contributed by atoms with Gasteiger partial charge in [0, 0.05) is 5.56 Å². The molecule has 0 spiro atoms. The van der Waals surface area contributed by atoms with Crippen molar-refractivity contribution in [1.82, 2.24) is 4.98 Å². The molecule has 0 aliphatic carbocycles. The van der Waals surface area contributed by atoms with E-state index >= 15 is 0 Å². The minimum Gasteiger partial charge on any atom is -0.287 e. The van der Waals surface area contributed by atoms with E-state index in [-0.39, 0.29) is 5.69 Å². The molecule has 0 bridgehead atoms. The standard InChI is InChI=1S/C12H7BrFNO/c13-10-7-6-9(14)11(15-10)12(16)8-4-2-1-3-5-8/h1-7H. The van der Waals surface area contributed by atoms with Gasteiger partial charge in [0.25, 0.3) is 0 Å². The summed E-state index contributed by atoms with van der Waals surface area (Å²) < 4.78 is 13.8. The molecule has 0 unspecified atom stereocenters. The van der Waals surface area contributed by atoms with E-state index < -0.39 is 11.6 Å². The SMILES string of the molecule is O=C(c1ccccc1)c1nc(Br)ccc1F. The summed E-state index contributed by atoms with van der Waals surface area (Å²) in [6.45, 7) is 0. The Morgan fingerprint density at radius 2 is 1.81 bits per heavy atom. The van der Waals surface area contributed by atoms with Gasteiger partial charge in [-0.25, -0.2) is 9.37 Å². The number of carbonyl (C=O) groups excluding carboxylic acids is 1. The highest BCUT2D eigenvalue weighted by Crippen LogP contribution is 2.14. The van der Waals surface area contributed by atoms with Gasteiger partial charge in [-0.15, -0.1) is 0 Å². The summed E-state index contributed by atoms with van der Waals surface area (Å²) in [4.78, 5) is 15.7. The fourth-order valence-electron chi connectivity index (χ4n) is 1.30. The normalized spacial score (nSPS) is 10.1. The number of aromatic nitrogens is 1. The molecule has 4 heteroatoms. The average Bonchev–Trinajstić information content (AvgIpc) is 2.32. The maximum absolute atomic E-state index is 13.4. The third-order valence-electron chi connectivity index (χ3n) is 2.06. The van der Waals surface area contributed by atoms with E-state index in [1.807, 2.05) is 0 Å². The van der Waals surface area contributed by atoms with Crippen LogP contribution in [0.25, 0.3) is 0 Å². The van der Waals surface area contributed by atoms with Gasteiger partial charge in [-0.1, -0.05) is 30.3 Å². The van der Waals surface area contributed by atoms with Gasteiger partial charge in [0.05, 0.1) is 0 Å². The first-order valence-electron chi connectivity index (χ1n) is 4.60. The highest BCUT2D eigenvalue weighted by molar-refractivity contribution is 9.10. The lowest BCUT2D eigenvalue weighted by Gasteiger charge is -2.02. The van der Waals surface area contributed by atoms with Gasteiger partial charge in [0.2, 0.25) is 5.78 Å². The Labute approximate surface area is 100 Å².